The summed E-state index contributed by atoms with van der Waals surface area (Å²) >= 11 is 0. The minimum absolute atomic E-state index is 0.248. The van der Waals surface area contributed by atoms with Crippen LogP contribution in [0.15, 0.2) is 16.5 Å². The number of furan rings is 1. The third kappa shape index (κ3) is 3.77. The van der Waals surface area contributed by atoms with Gasteiger partial charge in [0, 0.05) is 6.54 Å². The molecule has 16 heavy (non-hydrogen) atoms. The molecule has 0 radical (unpaired) electrons. The zero-order chi connectivity index (χ0) is 11.8. The lowest BCUT2D eigenvalue weighted by molar-refractivity contribution is 0.0925. The third-order valence-electron chi connectivity index (χ3n) is 1.81. The standard InChI is InChI=1S/C11H15N3O2/c12-6-1-3-9-4-5-10(16-9)11(15)14-8-2-7-13/h4-5H,2,6-8,12-13H2,(H,14,15). The zero-order valence-electron chi connectivity index (χ0n) is 8.95. The van der Waals surface area contributed by atoms with Crippen molar-refractivity contribution in [2.45, 2.75) is 6.42 Å². The summed E-state index contributed by atoms with van der Waals surface area (Å²) < 4.78 is 5.21. The maximum atomic E-state index is 11.5. The van der Waals surface area contributed by atoms with Gasteiger partial charge in [-0.2, -0.15) is 0 Å². The quantitative estimate of drug-likeness (QED) is 0.479. The molecule has 0 aliphatic heterocycles. The van der Waals surface area contributed by atoms with Crippen LogP contribution in [-0.2, 0) is 0 Å². The van der Waals surface area contributed by atoms with Crippen LogP contribution in [0.3, 0.4) is 0 Å². The van der Waals surface area contributed by atoms with E-state index in [-0.39, 0.29) is 18.2 Å². The summed E-state index contributed by atoms with van der Waals surface area (Å²) in [6.45, 7) is 1.35. The van der Waals surface area contributed by atoms with Gasteiger partial charge < -0.3 is 21.2 Å². The largest absolute Gasteiger partial charge is 0.443 e. The maximum Gasteiger partial charge on any atom is 0.287 e. The van der Waals surface area contributed by atoms with Gasteiger partial charge in [-0.15, -0.1) is 0 Å². The summed E-state index contributed by atoms with van der Waals surface area (Å²) in [5.74, 6) is 5.78. The van der Waals surface area contributed by atoms with Crippen LogP contribution in [0.25, 0.3) is 0 Å². The van der Waals surface area contributed by atoms with Crippen LogP contribution in [0.5, 0.6) is 0 Å². The molecule has 1 amide bonds. The summed E-state index contributed by atoms with van der Waals surface area (Å²) in [7, 11) is 0. The van der Waals surface area contributed by atoms with Gasteiger partial charge in [0.1, 0.15) is 0 Å². The van der Waals surface area contributed by atoms with Crippen molar-refractivity contribution in [3.63, 3.8) is 0 Å². The molecule has 0 aliphatic rings. The molecule has 0 spiro atoms. The van der Waals surface area contributed by atoms with E-state index in [4.69, 9.17) is 15.9 Å². The summed E-state index contributed by atoms with van der Waals surface area (Å²) in [6, 6.07) is 3.22. The van der Waals surface area contributed by atoms with Crippen molar-refractivity contribution in [1.29, 1.82) is 0 Å². The van der Waals surface area contributed by atoms with E-state index in [1.807, 2.05) is 0 Å². The minimum atomic E-state index is -0.255. The molecular formula is C11H15N3O2. The molecule has 0 aromatic carbocycles. The Morgan fingerprint density at radius 2 is 2.25 bits per heavy atom. The van der Waals surface area contributed by atoms with E-state index in [2.05, 4.69) is 17.2 Å². The van der Waals surface area contributed by atoms with Crippen LogP contribution >= 0.6 is 0 Å². The molecule has 0 fully saturated rings. The Labute approximate surface area is 94.2 Å². The maximum absolute atomic E-state index is 11.5. The first-order chi connectivity index (χ1) is 7.77. The molecule has 0 unspecified atom stereocenters. The predicted octanol–water partition coefficient (Wildman–Crippen LogP) is -0.332. The third-order valence-corrected chi connectivity index (χ3v) is 1.81. The molecule has 1 aromatic heterocycles. The second kappa shape index (κ2) is 6.67. The Morgan fingerprint density at radius 3 is 2.94 bits per heavy atom. The van der Waals surface area contributed by atoms with E-state index in [0.717, 1.165) is 6.42 Å². The van der Waals surface area contributed by atoms with Crippen LogP contribution in [0.1, 0.15) is 22.7 Å². The molecule has 1 rings (SSSR count). The number of carbonyl (C=O) groups is 1. The van der Waals surface area contributed by atoms with Crippen LogP contribution < -0.4 is 16.8 Å². The van der Waals surface area contributed by atoms with Gasteiger partial charge in [0.05, 0.1) is 6.54 Å². The van der Waals surface area contributed by atoms with E-state index < -0.39 is 0 Å². The van der Waals surface area contributed by atoms with Crippen molar-refractivity contribution >= 4 is 5.91 Å². The number of nitrogens with one attached hydrogen (secondary N) is 1. The average Bonchev–Trinajstić information content (AvgIpc) is 2.75. The molecule has 1 heterocycles. The number of amides is 1. The fourth-order valence-corrected chi connectivity index (χ4v) is 1.06. The van der Waals surface area contributed by atoms with Crippen LogP contribution in [-0.4, -0.2) is 25.5 Å². The number of hydrogen-bond acceptors (Lipinski definition) is 4. The number of nitrogens with two attached hydrogens (primary N) is 2. The Bertz CT molecular complexity index is 401. The monoisotopic (exact) mass is 221 g/mol. The SMILES string of the molecule is NCC#Cc1ccc(C(=O)NCCCN)o1. The highest BCUT2D eigenvalue weighted by Crippen LogP contribution is 2.06. The van der Waals surface area contributed by atoms with Gasteiger partial charge in [-0.05, 0) is 31.0 Å². The molecule has 0 atom stereocenters. The number of rotatable bonds is 4. The number of hydrogen-bond donors (Lipinski definition) is 3. The van der Waals surface area contributed by atoms with Gasteiger partial charge in [-0.3, -0.25) is 4.79 Å². The van der Waals surface area contributed by atoms with E-state index in [1.54, 1.807) is 12.1 Å². The average molecular weight is 221 g/mol. The smallest absolute Gasteiger partial charge is 0.287 e. The van der Waals surface area contributed by atoms with Gasteiger partial charge in [0.25, 0.3) is 5.91 Å². The highest BCUT2D eigenvalue weighted by Gasteiger charge is 2.08. The highest BCUT2D eigenvalue weighted by atomic mass is 16.3. The van der Waals surface area contributed by atoms with Gasteiger partial charge >= 0.3 is 0 Å². The first-order valence-corrected chi connectivity index (χ1v) is 5.05. The second-order valence-corrected chi connectivity index (χ2v) is 3.07. The van der Waals surface area contributed by atoms with Crippen LogP contribution in [0.4, 0.5) is 0 Å². The molecule has 0 bridgehead atoms. The fraction of sp³-hybridized carbons (Fsp3) is 0.364. The molecule has 1 aromatic rings. The second-order valence-electron chi connectivity index (χ2n) is 3.07. The predicted molar refractivity (Wildman–Crippen MR) is 60.6 cm³/mol. The van der Waals surface area contributed by atoms with Gasteiger partial charge in [-0.25, -0.2) is 0 Å². The lowest BCUT2D eigenvalue weighted by Crippen LogP contribution is -2.25. The molecule has 0 saturated heterocycles. The zero-order valence-corrected chi connectivity index (χ0v) is 8.95. The fourth-order valence-electron chi connectivity index (χ4n) is 1.06. The molecule has 86 valence electrons. The van der Waals surface area contributed by atoms with Crippen LogP contribution in [0, 0.1) is 11.8 Å². The van der Waals surface area contributed by atoms with Crippen molar-refractivity contribution in [3.05, 3.63) is 23.7 Å². The van der Waals surface area contributed by atoms with Crippen molar-refractivity contribution in [2.75, 3.05) is 19.6 Å². The summed E-state index contributed by atoms with van der Waals surface area (Å²) in [4.78, 5) is 11.5. The molecular weight excluding hydrogens is 206 g/mol. The van der Waals surface area contributed by atoms with Gasteiger partial charge in [0.15, 0.2) is 11.5 Å². The summed E-state index contributed by atoms with van der Waals surface area (Å²) in [5.41, 5.74) is 10.5. The van der Waals surface area contributed by atoms with E-state index in [0.29, 0.717) is 18.8 Å². The van der Waals surface area contributed by atoms with E-state index in [1.165, 1.54) is 0 Å². The van der Waals surface area contributed by atoms with Crippen molar-refractivity contribution < 1.29 is 9.21 Å². The minimum Gasteiger partial charge on any atom is -0.443 e. The Morgan fingerprint density at radius 1 is 1.44 bits per heavy atom. The van der Waals surface area contributed by atoms with Crippen molar-refractivity contribution in [1.82, 2.24) is 5.32 Å². The first-order valence-electron chi connectivity index (χ1n) is 5.05. The lowest BCUT2D eigenvalue weighted by atomic mass is 10.4. The number of carbonyl (C=O) groups excluding carboxylic acids is 1. The van der Waals surface area contributed by atoms with E-state index in [9.17, 15) is 4.79 Å². The van der Waals surface area contributed by atoms with Crippen LogP contribution in [0.2, 0.25) is 0 Å². The highest BCUT2D eigenvalue weighted by molar-refractivity contribution is 5.91. The van der Waals surface area contributed by atoms with E-state index >= 15 is 0 Å². The molecule has 5 nitrogen and oxygen atoms in total. The molecule has 0 aliphatic carbocycles. The Hall–Kier alpha value is -1.77. The lowest BCUT2D eigenvalue weighted by Gasteiger charge is -2.00. The summed E-state index contributed by atoms with van der Waals surface area (Å²) in [5, 5.41) is 2.68. The molecule has 5 N–H and O–H groups in total. The summed E-state index contributed by atoms with van der Waals surface area (Å²) in [6.07, 6.45) is 0.742. The van der Waals surface area contributed by atoms with Crippen molar-refractivity contribution in [3.8, 4) is 11.8 Å². The topological polar surface area (TPSA) is 94.3 Å². The molecule has 5 heteroatoms. The Kier molecular flexibility index (Phi) is 5.12. The van der Waals surface area contributed by atoms with Gasteiger partial charge in [-0.1, -0.05) is 5.92 Å². The molecule has 0 saturated carbocycles. The first kappa shape index (κ1) is 12.3. The normalized spacial score (nSPS) is 9.38. The van der Waals surface area contributed by atoms with Gasteiger partial charge in [0.2, 0.25) is 0 Å². The Balaban J connectivity index is 2.53. The van der Waals surface area contributed by atoms with Crippen molar-refractivity contribution in [2.24, 2.45) is 11.5 Å².